The van der Waals surface area contributed by atoms with E-state index < -0.39 is 0 Å². The molecule has 2 heteroatoms. The van der Waals surface area contributed by atoms with Crippen LogP contribution in [0, 0.1) is 0 Å². The Morgan fingerprint density at radius 1 is 1.13 bits per heavy atom. The molecule has 0 saturated carbocycles. The molecule has 0 radical (unpaired) electrons. The third-order valence-corrected chi connectivity index (χ3v) is 2.44. The van der Waals surface area contributed by atoms with Crippen molar-refractivity contribution < 1.29 is 4.74 Å². The van der Waals surface area contributed by atoms with Gasteiger partial charge in [-0.3, -0.25) is 0 Å². The van der Waals surface area contributed by atoms with Crippen molar-refractivity contribution in [2.75, 3.05) is 19.0 Å². The number of benzene rings is 2. The molecule has 0 heterocycles. The first kappa shape index (κ1) is 9.84. The molecular weight excluding hydrogens is 186 g/mol. The molecule has 0 aliphatic carbocycles. The second kappa shape index (κ2) is 4.22. The summed E-state index contributed by atoms with van der Waals surface area (Å²) in [4.78, 5) is 0. The summed E-state index contributed by atoms with van der Waals surface area (Å²) >= 11 is 0. The summed E-state index contributed by atoms with van der Waals surface area (Å²) in [5, 5.41) is 5.63. The molecule has 0 aromatic heterocycles. The molecule has 0 amide bonds. The van der Waals surface area contributed by atoms with Gasteiger partial charge in [-0.2, -0.15) is 0 Å². The van der Waals surface area contributed by atoms with Gasteiger partial charge in [0.1, 0.15) is 5.75 Å². The first-order chi connectivity index (χ1) is 7.36. The van der Waals surface area contributed by atoms with E-state index in [4.69, 9.17) is 4.74 Å². The molecule has 2 aromatic rings. The molecule has 2 aromatic carbocycles. The van der Waals surface area contributed by atoms with Gasteiger partial charge in [-0.15, -0.1) is 0 Å². The van der Waals surface area contributed by atoms with Gasteiger partial charge in [0.25, 0.3) is 0 Å². The number of nitrogens with one attached hydrogen (secondary N) is 1. The number of ether oxygens (including phenoxy) is 1. The average Bonchev–Trinajstić information content (AvgIpc) is 2.29. The standard InChI is InChI=1S/C13H15NO/c1-3-15-12-9-8-10-6-4-5-7-11(10)13(12)14-2/h4-9,14H,3H2,1-2H3. The molecular formula is C13H15NO. The summed E-state index contributed by atoms with van der Waals surface area (Å²) in [6.45, 7) is 2.68. The first-order valence-electron chi connectivity index (χ1n) is 5.19. The van der Waals surface area contributed by atoms with Crippen LogP contribution in [0.2, 0.25) is 0 Å². The zero-order chi connectivity index (χ0) is 10.7. The SMILES string of the molecule is CCOc1ccc2ccccc2c1NC. The van der Waals surface area contributed by atoms with Crippen molar-refractivity contribution in [3.8, 4) is 5.75 Å². The number of rotatable bonds is 3. The van der Waals surface area contributed by atoms with Crippen molar-refractivity contribution in [3.63, 3.8) is 0 Å². The van der Waals surface area contributed by atoms with Gasteiger partial charge < -0.3 is 10.1 Å². The van der Waals surface area contributed by atoms with E-state index in [2.05, 4.69) is 23.5 Å². The Morgan fingerprint density at radius 2 is 1.93 bits per heavy atom. The maximum atomic E-state index is 5.57. The molecule has 0 bridgehead atoms. The van der Waals surface area contributed by atoms with E-state index in [1.54, 1.807) is 0 Å². The molecule has 2 nitrogen and oxygen atoms in total. The van der Waals surface area contributed by atoms with Crippen LogP contribution in [0.15, 0.2) is 36.4 Å². The second-order valence-corrected chi connectivity index (χ2v) is 3.34. The number of fused-ring (bicyclic) bond motifs is 1. The molecule has 0 aliphatic heterocycles. The van der Waals surface area contributed by atoms with Crippen LogP contribution in [0.4, 0.5) is 5.69 Å². The van der Waals surface area contributed by atoms with Crippen molar-refractivity contribution in [2.45, 2.75) is 6.92 Å². The summed E-state index contributed by atoms with van der Waals surface area (Å²) in [6, 6.07) is 12.4. The van der Waals surface area contributed by atoms with Gasteiger partial charge in [-0.1, -0.05) is 30.3 Å². The molecule has 0 spiro atoms. The van der Waals surface area contributed by atoms with Crippen LogP contribution in [-0.4, -0.2) is 13.7 Å². The topological polar surface area (TPSA) is 21.3 Å². The summed E-state index contributed by atoms with van der Waals surface area (Å²) in [5.74, 6) is 0.915. The molecule has 78 valence electrons. The van der Waals surface area contributed by atoms with Crippen LogP contribution in [0.5, 0.6) is 5.75 Å². The molecule has 15 heavy (non-hydrogen) atoms. The zero-order valence-corrected chi connectivity index (χ0v) is 9.08. The zero-order valence-electron chi connectivity index (χ0n) is 9.08. The van der Waals surface area contributed by atoms with Gasteiger partial charge in [0, 0.05) is 12.4 Å². The smallest absolute Gasteiger partial charge is 0.143 e. The van der Waals surface area contributed by atoms with Gasteiger partial charge in [0.2, 0.25) is 0 Å². The molecule has 0 atom stereocenters. The fourth-order valence-electron chi connectivity index (χ4n) is 1.79. The Kier molecular flexibility index (Phi) is 2.77. The van der Waals surface area contributed by atoms with Crippen LogP contribution in [0.3, 0.4) is 0 Å². The fraction of sp³-hybridized carbons (Fsp3) is 0.231. The van der Waals surface area contributed by atoms with E-state index in [1.165, 1.54) is 10.8 Å². The van der Waals surface area contributed by atoms with Crippen molar-refractivity contribution in [3.05, 3.63) is 36.4 Å². The lowest BCUT2D eigenvalue weighted by Gasteiger charge is -2.12. The third kappa shape index (κ3) is 1.75. The highest BCUT2D eigenvalue weighted by Gasteiger charge is 2.05. The normalized spacial score (nSPS) is 10.3. The average molecular weight is 201 g/mol. The molecule has 0 aliphatic rings. The lowest BCUT2D eigenvalue weighted by atomic mass is 10.1. The largest absolute Gasteiger partial charge is 0.492 e. The van der Waals surface area contributed by atoms with E-state index in [0.29, 0.717) is 6.61 Å². The summed E-state index contributed by atoms with van der Waals surface area (Å²) in [5.41, 5.74) is 1.06. The van der Waals surface area contributed by atoms with Gasteiger partial charge >= 0.3 is 0 Å². The lowest BCUT2D eigenvalue weighted by molar-refractivity contribution is 0.342. The summed E-state index contributed by atoms with van der Waals surface area (Å²) in [6.07, 6.45) is 0. The van der Waals surface area contributed by atoms with Gasteiger partial charge in [0.05, 0.1) is 12.3 Å². The Bertz CT molecular complexity index is 465. The lowest BCUT2D eigenvalue weighted by Crippen LogP contribution is -1.98. The third-order valence-electron chi connectivity index (χ3n) is 2.44. The fourth-order valence-corrected chi connectivity index (χ4v) is 1.79. The van der Waals surface area contributed by atoms with E-state index in [0.717, 1.165) is 11.4 Å². The molecule has 0 fully saturated rings. The van der Waals surface area contributed by atoms with Crippen LogP contribution >= 0.6 is 0 Å². The van der Waals surface area contributed by atoms with Crippen LogP contribution < -0.4 is 10.1 Å². The minimum Gasteiger partial charge on any atom is -0.492 e. The highest BCUT2D eigenvalue weighted by Crippen LogP contribution is 2.32. The Labute approximate surface area is 89.9 Å². The van der Waals surface area contributed by atoms with Crippen LogP contribution in [-0.2, 0) is 0 Å². The monoisotopic (exact) mass is 201 g/mol. The predicted molar refractivity (Wildman–Crippen MR) is 64.7 cm³/mol. The molecule has 1 N–H and O–H groups in total. The van der Waals surface area contributed by atoms with Gasteiger partial charge in [-0.25, -0.2) is 0 Å². The van der Waals surface area contributed by atoms with Crippen LogP contribution in [0.25, 0.3) is 10.8 Å². The van der Waals surface area contributed by atoms with Crippen molar-refractivity contribution in [2.24, 2.45) is 0 Å². The molecule has 2 rings (SSSR count). The quantitative estimate of drug-likeness (QED) is 0.822. The molecule has 0 unspecified atom stereocenters. The number of hydrogen-bond donors (Lipinski definition) is 1. The minimum absolute atomic E-state index is 0.688. The second-order valence-electron chi connectivity index (χ2n) is 3.34. The van der Waals surface area contributed by atoms with E-state index >= 15 is 0 Å². The van der Waals surface area contributed by atoms with Crippen molar-refractivity contribution in [1.29, 1.82) is 0 Å². The van der Waals surface area contributed by atoms with E-state index in [1.807, 2.05) is 32.2 Å². The Hall–Kier alpha value is -1.70. The summed E-state index contributed by atoms with van der Waals surface area (Å²) < 4.78 is 5.57. The van der Waals surface area contributed by atoms with E-state index in [-0.39, 0.29) is 0 Å². The van der Waals surface area contributed by atoms with Gasteiger partial charge in [0.15, 0.2) is 0 Å². The van der Waals surface area contributed by atoms with Crippen molar-refractivity contribution >= 4 is 16.5 Å². The first-order valence-corrected chi connectivity index (χ1v) is 5.19. The van der Waals surface area contributed by atoms with Crippen LogP contribution in [0.1, 0.15) is 6.92 Å². The Morgan fingerprint density at radius 3 is 2.67 bits per heavy atom. The minimum atomic E-state index is 0.688. The van der Waals surface area contributed by atoms with E-state index in [9.17, 15) is 0 Å². The van der Waals surface area contributed by atoms with Gasteiger partial charge in [-0.05, 0) is 18.4 Å². The highest BCUT2D eigenvalue weighted by molar-refractivity contribution is 5.96. The maximum Gasteiger partial charge on any atom is 0.143 e. The summed E-state index contributed by atoms with van der Waals surface area (Å²) in [7, 11) is 1.92. The molecule has 0 saturated heterocycles. The Balaban J connectivity index is 2.64. The number of hydrogen-bond acceptors (Lipinski definition) is 2. The van der Waals surface area contributed by atoms with Crippen molar-refractivity contribution in [1.82, 2.24) is 0 Å². The predicted octanol–water partition coefficient (Wildman–Crippen LogP) is 3.28. The maximum absolute atomic E-state index is 5.57. The highest BCUT2D eigenvalue weighted by atomic mass is 16.5. The number of anilines is 1.